The lowest BCUT2D eigenvalue weighted by atomic mass is 9.87. The summed E-state index contributed by atoms with van der Waals surface area (Å²) < 4.78 is 10.9. The first kappa shape index (κ1) is 11.2. The van der Waals surface area contributed by atoms with Gasteiger partial charge in [-0.05, 0) is 11.5 Å². The van der Waals surface area contributed by atoms with Gasteiger partial charge in [0, 0.05) is 14.2 Å². The first-order chi connectivity index (χ1) is 6.29. The topological polar surface area (TPSA) is 18.5 Å². The van der Waals surface area contributed by atoms with E-state index >= 15 is 0 Å². The molecule has 0 aromatic heterocycles. The van der Waals surface area contributed by atoms with E-state index in [4.69, 9.17) is 8.85 Å². The highest BCUT2D eigenvalue weighted by Crippen LogP contribution is 2.34. The van der Waals surface area contributed by atoms with Gasteiger partial charge in [-0.2, -0.15) is 0 Å². The van der Waals surface area contributed by atoms with Crippen molar-refractivity contribution in [1.29, 1.82) is 0 Å². The van der Waals surface area contributed by atoms with Gasteiger partial charge in [-0.3, -0.25) is 0 Å². The van der Waals surface area contributed by atoms with Crippen molar-refractivity contribution in [2.45, 2.75) is 44.6 Å². The van der Waals surface area contributed by atoms with Gasteiger partial charge in [0.2, 0.25) is 0 Å². The Labute approximate surface area is 83.5 Å². The quantitative estimate of drug-likeness (QED) is 0.652. The summed E-state index contributed by atoms with van der Waals surface area (Å²) in [6.45, 7) is 2.31. The minimum Gasteiger partial charge on any atom is -0.400 e. The molecule has 1 fully saturated rings. The first-order valence-electron chi connectivity index (χ1n) is 5.35. The van der Waals surface area contributed by atoms with Gasteiger partial charge in [-0.15, -0.1) is 0 Å². The van der Waals surface area contributed by atoms with Crippen LogP contribution in [-0.2, 0) is 8.85 Å². The standard InChI is InChI=1S/C10H22O2Si/c1-9(13(11-2)12-3)10-7-5-4-6-8-10/h9-10,13H,4-8H2,1-3H3/t9-/m0/s1. The zero-order valence-electron chi connectivity index (χ0n) is 9.08. The van der Waals surface area contributed by atoms with Crippen LogP contribution in [0.25, 0.3) is 0 Å². The zero-order valence-corrected chi connectivity index (χ0v) is 10.2. The molecule has 0 N–H and O–H groups in total. The van der Waals surface area contributed by atoms with Crippen molar-refractivity contribution in [3.05, 3.63) is 0 Å². The molecular formula is C10H22O2Si. The second-order valence-electron chi connectivity index (χ2n) is 4.10. The SMILES string of the molecule is CO[SiH](OC)[C@@H](C)C1CCCCC1. The zero-order chi connectivity index (χ0) is 9.68. The molecule has 0 heterocycles. The maximum absolute atomic E-state index is 5.43. The van der Waals surface area contributed by atoms with E-state index in [1.807, 2.05) is 0 Å². The Morgan fingerprint density at radius 3 is 2.08 bits per heavy atom. The van der Waals surface area contributed by atoms with E-state index in [-0.39, 0.29) is 0 Å². The van der Waals surface area contributed by atoms with Gasteiger partial charge >= 0.3 is 9.28 Å². The van der Waals surface area contributed by atoms with E-state index in [0.29, 0.717) is 5.54 Å². The van der Waals surface area contributed by atoms with Crippen molar-refractivity contribution in [3.8, 4) is 0 Å². The molecule has 2 nitrogen and oxygen atoms in total. The van der Waals surface area contributed by atoms with E-state index in [0.717, 1.165) is 5.92 Å². The number of hydrogen-bond donors (Lipinski definition) is 0. The molecule has 0 unspecified atom stereocenters. The van der Waals surface area contributed by atoms with Crippen molar-refractivity contribution >= 4 is 9.28 Å². The molecule has 0 amide bonds. The normalized spacial score (nSPS) is 22.2. The third-order valence-electron chi connectivity index (χ3n) is 3.29. The second kappa shape index (κ2) is 5.78. The lowest BCUT2D eigenvalue weighted by Crippen LogP contribution is -2.30. The van der Waals surface area contributed by atoms with Crippen LogP contribution in [0.15, 0.2) is 0 Å². The molecule has 0 spiro atoms. The van der Waals surface area contributed by atoms with Gasteiger partial charge in [0.25, 0.3) is 0 Å². The monoisotopic (exact) mass is 202 g/mol. The summed E-state index contributed by atoms with van der Waals surface area (Å²) in [4.78, 5) is 0. The molecule has 1 aliphatic rings. The Morgan fingerprint density at radius 1 is 1.08 bits per heavy atom. The molecule has 0 aromatic rings. The molecule has 0 saturated heterocycles. The van der Waals surface area contributed by atoms with Crippen LogP contribution in [-0.4, -0.2) is 23.5 Å². The summed E-state index contributed by atoms with van der Waals surface area (Å²) in [6.07, 6.45) is 7.01. The Bertz CT molecular complexity index is 131. The first-order valence-corrected chi connectivity index (χ1v) is 6.96. The Kier molecular flexibility index (Phi) is 4.99. The summed E-state index contributed by atoms with van der Waals surface area (Å²) in [5.74, 6) is 0.866. The maximum Gasteiger partial charge on any atom is 0.324 e. The van der Waals surface area contributed by atoms with Gasteiger partial charge < -0.3 is 8.85 Å². The van der Waals surface area contributed by atoms with Crippen molar-refractivity contribution in [2.75, 3.05) is 14.2 Å². The molecule has 1 aliphatic carbocycles. The third-order valence-corrected chi connectivity index (χ3v) is 5.62. The highest BCUT2D eigenvalue weighted by molar-refractivity contribution is 6.46. The third kappa shape index (κ3) is 3.08. The summed E-state index contributed by atoms with van der Waals surface area (Å²) in [5, 5.41) is 0. The molecule has 1 rings (SSSR count). The van der Waals surface area contributed by atoms with E-state index in [1.165, 1.54) is 32.1 Å². The molecular weight excluding hydrogens is 180 g/mol. The van der Waals surface area contributed by atoms with Gasteiger partial charge in [0.15, 0.2) is 0 Å². The smallest absolute Gasteiger partial charge is 0.324 e. The van der Waals surface area contributed by atoms with Crippen LogP contribution in [0.1, 0.15) is 39.0 Å². The molecule has 0 radical (unpaired) electrons. The predicted molar refractivity (Wildman–Crippen MR) is 57.2 cm³/mol. The molecule has 3 heteroatoms. The molecule has 0 aromatic carbocycles. The van der Waals surface area contributed by atoms with Crippen molar-refractivity contribution in [2.24, 2.45) is 5.92 Å². The highest BCUT2D eigenvalue weighted by atomic mass is 28.3. The second-order valence-corrected chi connectivity index (χ2v) is 6.83. The lowest BCUT2D eigenvalue weighted by molar-refractivity contribution is 0.236. The number of rotatable bonds is 4. The number of hydrogen-bond acceptors (Lipinski definition) is 2. The molecule has 1 saturated carbocycles. The molecule has 78 valence electrons. The summed E-state index contributed by atoms with van der Waals surface area (Å²) in [6, 6.07) is 0. The lowest BCUT2D eigenvalue weighted by Gasteiger charge is -2.30. The Hall–Kier alpha value is 0.137. The van der Waals surface area contributed by atoms with E-state index in [1.54, 1.807) is 14.2 Å². The molecule has 0 bridgehead atoms. The highest BCUT2D eigenvalue weighted by Gasteiger charge is 2.29. The summed E-state index contributed by atoms with van der Waals surface area (Å²) in [5.41, 5.74) is 0.676. The Balaban J connectivity index is 2.38. The van der Waals surface area contributed by atoms with Gasteiger partial charge in [0.05, 0.1) is 0 Å². The summed E-state index contributed by atoms with van der Waals surface area (Å²) >= 11 is 0. The van der Waals surface area contributed by atoms with Crippen molar-refractivity contribution in [1.82, 2.24) is 0 Å². The van der Waals surface area contributed by atoms with E-state index < -0.39 is 9.28 Å². The van der Waals surface area contributed by atoms with Gasteiger partial charge in [-0.1, -0.05) is 39.0 Å². The maximum atomic E-state index is 5.43. The van der Waals surface area contributed by atoms with Crippen LogP contribution < -0.4 is 0 Å². The minimum atomic E-state index is -1.36. The fourth-order valence-electron chi connectivity index (χ4n) is 2.41. The van der Waals surface area contributed by atoms with Crippen LogP contribution in [0.2, 0.25) is 5.54 Å². The summed E-state index contributed by atoms with van der Waals surface area (Å²) in [7, 11) is 2.22. The van der Waals surface area contributed by atoms with Crippen LogP contribution in [0.5, 0.6) is 0 Å². The van der Waals surface area contributed by atoms with Crippen LogP contribution in [0.3, 0.4) is 0 Å². The fourth-order valence-corrected chi connectivity index (χ4v) is 4.29. The average Bonchev–Trinajstić information content (AvgIpc) is 2.21. The Morgan fingerprint density at radius 2 is 1.62 bits per heavy atom. The van der Waals surface area contributed by atoms with Crippen LogP contribution in [0.4, 0.5) is 0 Å². The van der Waals surface area contributed by atoms with Crippen LogP contribution >= 0.6 is 0 Å². The molecule has 0 aliphatic heterocycles. The van der Waals surface area contributed by atoms with E-state index in [2.05, 4.69) is 6.92 Å². The molecule has 1 atom stereocenters. The van der Waals surface area contributed by atoms with Crippen LogP contribution in [0, 0.1) is 5.92 Å². The largest absolute Gasteiger partial charge is 0.400 e. The van der Waals surface area contributed by atoms with Gasteiger partial charge in [-0.25, -0.2) is 0 Å². The predicted octanol–water partition coefficient (Wildman–Crippen LogP) is 2.47. The average molecular weight is 202 g/mol. The fraction of sp³-hybridized carbons (Fsp3) is 1.00. The van der Waals surface area contributed by atoms with Crippen molar-refractivity contribution < 1.29 is 8.85 Å². The minimum absolute atomic E-state index is 0.676. The molecule has 13 heavy (non-hydrogen) atoms. The van der Waals surface area contributed by atoms with E-state index in [9.17, 15) is 0 Å². The van der Waals surface area contributed by atoms with Crippen molar-refractivity contribution in [3.63, 3.8) is 0 Å². The van der Waals surface area contributed by atoms with Gasteiger partial charge in [0.1, 0.15) is 0 Å².